The van der Waals surface area contributed by atoms with E-state index in [-0.39, 0.29) is 19.1 Å². The second-order valence-electron chi connectivity index (χ2n) is 5.23. The highest BCUT2D eigenvalue weighted by Gasteiger charge is 2.41. The molecule has 0 bridgehead atoms. The number of hydrogen-bond acceptors (Lipinski definition) is 4. The first kappa shape index (κ1) is 15.0. The van der Waals surface area contributed by atoms with Crippen LogP contribution in [0.1, 0.15) is 18.4 Å². The van der Waals surface area contributed by atoms with Crippen LogP contribution >= 0.6 is 0 Å². The highest BCUT2D eigenvalue weighted by molar-refractivity contribution is 5.88. The summed E-state index contributed by atoms with van der Waals surface area (Å²) in [5.41, 5.74) is 0.420. The van der Waals surface area contributed by atoms with Crippen molar-refractivity contribution in [1.29, 1.82) is 0 Å². The number of nitrogens with one attached hydrogen (secondary N) is 2. The van der Waals surface area contributed by atoms with E-state index in [2.05, 4.69) is 10.6 Å². The lowest BCUT2D eigenvalue weighted by atomic mass is 9.72. The van der Waals surface area contributed by atoms with Crippen LogP contribution in [0.3, 0.4) is 0 Å². The number of carbonyl (C=O) groups excluding carboxylic acids is 1. The van der Waals surface area contributed by atoms with Gasteiger partial charge >= 0.3 is 0 Å². The Morgan fingerprint density at radius 1 is 1.20 bits per heavy atom. The van der Waals surface area contributed by atoms with Crippen molar-refractivity contribution in [2.75, 3.05) is 26.3 Å². The molecule has 1 aliphatic rings. The summed E-state index contributed by atoms with van der Waals surface area (Å²) in [4.78, 5) is 12.7. The molecule has 0 atom stereocenters. The maximum atomic E-state index is 12.7. The van der Waals surface area contributed by atoms with E-state index in [1.165, 1.54) is 0 Å². The molecule has 0 aromatic heterocycles. The summed E-state index contributed by atoms with van der Waals surface area (Å²) in [7, 11) is 0. The van der Waals surface area contributed by atoms with Gasteiger partial charge in [0, 0.05) is 0 Å². The van der Waals surface area contributed by atoms with E-state index in [9.17, 15) is 4.79 Å². The van der Waals surface area contributed by atoms with Crippen LogP contribution in [0.4, 0.5) is 0 Å². The third kappa shape index (κ3) is 3.00. The fourth-order valence-electron chi connectivity index (χ4n) is 2.73. The SMILES string of the molecule is O=C(NC(CO)CO)C1(c2ccccc2)CCNCC1. The van der Waals surface area contributed by atoms with E-state index < -0.39 is 11.5 Å². The Kier molecular flexibility index (Phi) is 5.11. The normalized spacial score (nSPS) is 17.9. The molecule has 5 nitrogen and oxygen atoms in total. The molecule has 0 saturated carbocycles. The van der Waals surface area contributed by atoms with Crippen LogP contribution < -0.4 is 10.6 Å². The molecule has 1 heterocycles. The maximum absolute atomic E-state index is 12.7. The van der Waals surface area contributed by atoms with Gasteiger partial charge in [-0.3, -0.25) is 4.79 Å². The van der Waals surface area contributed by atoms with Gasteiger partial charge in [0.25, 0.3) is 0 Å². The van der Waals surface area contributed by atoms with Gasteiger partial charge in [-0.15, -0.1) is 0 Å². The summed E-state index contributed by atoms with van der Waals surface area (Å²) in [6.07, 6.45) is 1.43. The number of amides is 1. The summed E-state index contributed by atoms with van der Waals surface area (Å²) in [5.74, 6) is -0.113. The first-order chi connectivity index (χ1) is 9.73. The molecule has 1 aromatic rings. The van der Waals surface area contributed by atoms with Gasteiger partial charge in [-0.25, -0.2) is 0 Å². The van der Waals surface area contributed by atoms with E-state index in [0.29, 0.717) is 12.8 Å². The van der Waals surface area contributed by atoms with Gasteiger partial charge in [-0.05, 0) is 31.5 Å². The van der Waals surface area contributed by atoms with Gasteiger partial charge < -0.3 is 20.8 Å². The zero-order valence-electron chi connectivity index (χ0n) is 11.5. The molecule has 0 spiro atoms. The second kappa shape index (κ2) is 6.83. The van der Waals surface area contributed by atoms with Gasteiger partial charge in [0.2, 0.25) is 5.91 Å². The standard InChI is InChI=1S/C15H22N2O3/c18-10-13(11-19)17-14(20)15(6-8-16-9-7-15)12-4-2-1-3-5-12/h1-5,13,16,18-19H,6-11H2,(H,17,20). The number of piperidine rings is 1. The van der Waals surface area contributed by atoms with Crippen molar-refractivity contribution in [1.82, 2.24) is 10.6 Å². The quantitative estimate of drug-likeness (QED) is 0.600. The minimum Gasteiger partial charge on any atom is -0.394 e. The zero-order valence-corrected chi connectivity index (χ0v) is 11.5. The monoisotopic (exact) mass is 278 g/mol. The molecule has 0 unspecified atom stereocenters. The lowest BCUT2D eigenvalue weighted by Gasteiger charge is -2.37. The molecule has 0 aliphatic carbocycles. The molecule has 1 amide bonds. The van der Waals surface area contributed by atoms with Crippen molar-refractivity contribution in [3.63, 3.8) is 0 Å². The molecule has 110 valence electrons. The van der Waals surface area contributed by atoms with Crippen LogP contribution in [-0.4, -0.2) is 48.5 Å². The molecule has 1 aromatic carbocycles. The Balaban J connectivity index is 2.25. The van der Waals surface area contributed by atoms with E-state index in [0.717, 1.165) is 18.7 Å². The molecular weight excluding hydrogens is 256 g/mol. The Bertz CT molecular complexity index is 426. The molecule has 4 N–H and O–H groups in total. The fourth-order valence-corrected chi connectivity index (χ4v) is 2.73. The summed E-state index contributed by atoms with van der Waals surface area (Å²) in [5, 5.41) is 24.3. The number of benzene rings is 1. The van der Waals surface area contributed by atoms with Crippen LogP contribution in [0.25, 0.3) is 0 Å². The third-order valence-corrected chi connectivity index (χ3v) is 3.99. The lowest BCUT2D eigenvalue weighted by molar-refractivity contribution is -0.129. The minimum atomic E-state index is -0.599. The van der Waals surface area contributed by atoms with Crippen molar-refractivity contribution in [3.8, 4) is 0 Å². The number of rotatable bonds is 5. The largest absolute Gasteiger partial charge is 0.394 e. The maximum Gasteiger partial charge on any atom is 0.231 e. The predicted octanol–water partition coefficient (Wildman–Crippen LogP) is -0.223. The van der Waals surface area contributed by atoms with Crippen LogP contribution in [-0.2, 0) is 10.2 Å². The number of aliphatic hydroxyl groups is 2. The highest BCUT2D eigenvalue weighted by atomic mass is 16.3. The molecular formula is C15H22N2O3. The first-order valence-corrected chi connectivity index (χ1v) is 7.02. The van der Waals surface area contributed by atoms with Crippen molar-refractivity contribution in [2.45, 2.75) is 24.3 Å². The average Bonchev–Trinajstić information content (AvgIpc) is 2.53. The van der Waals surface area contributed by atoms with Gasteiger partial charge in [-0.2, -0.15) is 0 Å². The first-order valence-electron chi connectivity index (χ1n) is 7.02. The van der Waals surface area contributed by atoms with E-state index >= 15 is 0 Å². The summed E-state index contributed by atoms with van der Waals surface area (Å²) < 4.78 is 0. The molecule has 5 heteroatoms. The Labute approximate surface area is 119 Å². The summed E-state index contributed by atoms with van der Waals surface area (Å²) >= 11 is 0. The molecule has 1 saturated heterocycles. The van der Waals surface area contributed by atoms with Crippen LogP contribution in [0.5, 0.6) is 0 Å². The molecule has 0 radical (unpaired) electrons. The Morgan fingerprint density at radius 3 is 2.35 bits per heavy atom. The van der Waals surface area contributed by atoms with Gasteiger partial charge in [0.15, 0.2) is 0 Å². The lowest BCUT2D eigenvalue weighted by Crippen LogP contribution is -2.54. The Hall–Kier alpha value is -1.43. The number of hydrogen-bond donors (Lipinski definition) is 4. The summed E-state index contributed by atoms with van der Waals surface area (Å²) in [6, 6.07) is 9.14. The van der Waals surface area contributed by atoms with E-state index in [1.54, 1.807) is 0 Å². The Morgan fingerprint density at radius 2 is 1.80 bits per heavy atom. The highest BCUT2D eigenvalue weighted by Crippen LogP contribution is 2.33. The topological polar surface area (TPSA) is 81.6 Å². The second-order valence-corrected chi connectivity index (χ2v) is 5.23. The number of carbonyl (C=O) groups is 1. The van der Waals surface area contributed by atoms with Crippen LogP contribution in [0.2, 0.25) is 0 Å². The van der Waals surface area contributed by atoms with Crippen LogP contribution in [0.15, 0.2) is 30.3 Å². The summed E-state index contributed by atoms with van der Waals surface area (Å²) in [6.45, 7) is 1.05. The van der Waals surface area contributed by atoms with Gasteiger partial charge in [0.1, 0.15) is 0 Å². The average molecular weight is 278 g/mol. The third-order valence-electron chi connectivity index (χ3n) is 3.99. The smallest absolute Gasteiger partial charge is 0.231 e. The number of aliphatic hydroxyl groups excluding tert-OH is 2. The van der Waals surface area contributed by atoms with E-state index in [4.69, 9.17) is 10.2 Å². The molecule has 1 aliphatic heterocycles. The van der Waals surface area contributed by atoms with Crippen molar-refractivity contribution in [2.24, 2.45) is 0 Å². The zero-order chi connectivity index (χ0) is 14.4. The van der Waals surface area contributed by atoms with Crippen molar-refractivity contribution < 1.29 is 15.0 Å². The molecule has 2 rings (SSSR count). The molecule has 20 heavy (non-hydrogen) atoms. The fraction of sp³-hybridized carbons (Fsp3) is 0.533. The minimum absolute atomic E-state index is 0.113. The van der Waals surface area contributed by atoms with Gasteiger partial charge in [0.05, 0.1) is 24.7 Å². The van der Waals surface area contributed by atoms with Crippen LogP contribution in [0, 0.1) is 0 Å². The van der Waals surface area contributed by atoms with Gasteiger partial charge in [-0.1, -0.05) is 30.3 Å². The van der Waals surface area contributed by atoms with E-state index in [1.807, 2.05) is 30.3 Å². The van der Waals surface area contributed by atoms with Crippen molar-refractivity contribution in [3.05, 3.63) is 35.9 Å². The predicted molar refractivity (Wildman–Crippen MR) is 76.3 cm³/mol. The molecule has 1 fully saturated rings. The van der Waals surface area contributed by atoms with Crippen molar-refractivity contribution >= 4 is 5.91 Å².